The lowest BCUT2D eigenvalue weighted by molar-refractivity contribution is 0.0712. The molecule has 0 spiro atoms. The van der Waals surface area contributed by atoms with Crippen LogP contribution in [0.25, 0.3) is 16.7 Å². The van der Waals surface area contributed by atoms with E-state index in [1.165, 1.54) is 0 Å². The minimum Gasteiger partial charge on any atom is -0.338 e. The number of amides is 1. The third-order valence-electron chi connectivity index (χ3n) is 5.73. The second-order valence-electron chi connectivity index (χ2n) is 7.32. The van der Waals surface area contributed by atoms with Crippen LogP contribution < -0.4 is 0 Å². The number of nitrogens with zero attached hydrogens (tertiary/aromatic N) is 6. The molecule has 0 radical (unpaired) electrons. The Kier molecular flexibility index (Phi) is 3.56. The lowest BCUT2D eigenvalue weighted by atomic mass is 9.95. The molecule has 4 aromatic rings. The number of imidazole rings is 2. The lowest BCUT2D eigenvalue weighted by Gasteiger charge is -2.31. The van der Waals surface area contributed by atoms with Crippen molar-refractivity contribution in [3.63, 3.8) is 0 Å². The molecule has 1 saturated heterocycles. The van der Waals surface area contributed by atoms with Crippen molar-refractivity contribution < 1.29 is 4.79 Å². The summed E-state index contributed by atoms with van der Waals surface area (Å²) < 4.78 is 5.88. The molecule has 1 fully saturated rings. The third-order valence-corrected chi connectivity index (χ3v) is 5.73. The standard InChI is InChI=1S/C20H22N6O/c1-23-11-12-26-19(23)15(13-21-26)20(27)25-9-7-14(8-10-25)18-22-16-5-3-4-6-17(16)24(18)2/h3-6,11-14H,7-10H2,1-2H3. The van der Waals surface area contributed by atoms with Crippen LogP contribution in [0.2, 0.25) is 0 Å². The van der Waals surface area contributed by atoms with Gasteiger partial charge in [-0.05, 0) is 25.0 Å². The number of fused-ring (bicyclic) bond motifs is 2. The van der Waals surface area contributed by atoms with Gasteiger partial charge in [-0.3, -0.25) is 4.79 Å². The summed E-state index contributed by atoms with van der Waals surface area (Å²) in [6.45, 7) is 1.49. The van der Waals surface area contributed by atoms with Crippen molar-refractivity contribution in [1.82, 2.24) is 28.6 Å². The Balaban J connectivity index is 1.36. The highest BCUT2D eigenvalue weighted by molar-refractivity contribution is 5.99. The largest absolute Gasteiger partial charge is 0.338 e. The highest BCUT2D eigenvalue weighted by Crippen LogP contribution is 2.30. The van der Waals surface area contributed by atoms with Crippen LogP contribution in [0.5, 0.6) is 0 Å². The number of hydrogen-bond donors (Lipinski definition) is 0. The van der Waals surface area contributed by atoms with Crippen molar-refractivity contribution in [3.8, 4) is 0 Å². The smallest absolute Gasteiger partial charge is 0.259 e. The SMILES string of the molecule is Cn1ccn2ncc(C(=O)N3CCC(c4nc5ccccc5n4C)CC3)c12. The van der Waals surface area contributed by atoms with Gasteiger partial charge in [0.15, 0.2) is 0 Å². The number of hydrogen-bond acceptors (Lipinski definition) is 3. The fourth-order valence-electron chi connectivity index (χ4n) is 4.24. The van der Waals surface area contributed by atoms with Gasteiger partial charge in [0.05, 0.1) is 17.2 Å². The fraction of sp³-hybridized carbons (Fsp3) is 0.350. The molecule has 0 aliphatic carbocycles. The zero-order valence-electron chi connectivity index (χ0n) is 15.5. The van der Waals surface area contributed by atoms with Crippen LogP contribution in [0.3, 0.4) is 0 Å². The van der Waals surface area contributed by atoms with Crippen LogP contribution >= 0.6 is 0 Å². The number of piperidine rings is 1. The van der Waals surface area contributed by atoms with E-state index >= 15 is 0 Å². The van der Waals surface area contributed by atoms with E-state index in [0.717, 1.165) is 48.4 Å². The summed E-state index contributed by atoms with van der Waals surface area (Å²) in [5, 5.41) is 4.29. The predicted molar refractivity (Wildman–Crippen MR) is 103 cm³/mol. The molecule has 4 heterocycles. The summed E-state index contributed by atoms with van der Waals surface area (Å²) in [5.41, 5.74) is 3.72. The minimum atomic E-state index is 0.0650. The van der Waals surface area contributed by atoms with Crippen LogP contribution in [0.15, 0.2) is 42.9 Å². The quantitative estimate of drug-likeness (QED) is 0.551. The van der Waals surface area contributed by atoms with Gasteiger partial charge in [0.1, 0.15) is 17.0 Å². The Morgan fingerprint density at radius 1 is 1.11 bits per heavy atom. The molecule has 7 heteroatoms. The Morgan fingerprint density at radius 2 is 1.89 bits per heavy atom. The molecule has 0 unspecified atom stereocenters. The second-order valence-corrected chi connectivity index (χ2v) is 7.32. The molecule has 3 aromatic heterocycles. The lowest BCUT2D eigenvalue weighted by Crippen LogP contribution is -2.38. The first kappa shape index (κ1) is 16.1. The van der Waals surface area contributed by atoms with E-state index in [1.807, 2.05) is 41.0 Å². The van der Waals surface area contributed by atoms with E-state index in [4.69, 9.17) is 4.98 Å². The van der Waals surface area contributed by atoms with Gasteiger partial charge in [-0.1, -0.05) is 12.1 Å². The number of carbonyl (C=O) groups excluding carboxylic acids is 1. The molecule has 138 valence electrons. The first-order valence-electron chi connectivity index (χ1n) is 9.33. The van der Waals surface area contributed by atoms with E-state index in [2.05, 4.69) is 28.8 Å². The van der Waals surface area contributed by atoms with Gasteiger partial charge in [-0.25, -0.2) is 9.50 Å². The number of likely N-dealkylation sites (tertiary alicyclic amines) is 1. The molecule has 27 heavy (non-hydrogen) atoms. The second kappa shape index (κ2) is 5.97. The molecule has 5 rings (SSSR count). The third kappa shape index (κ3) is 2.45. The summed E-state index contributed by atoms with van der Waals surface area (Å²) in [6, 6.07) is 8.24. The molecular formula is C20H22N6O. The van der Waals surface area contributed by atoms with Crippen molar-refractivity contribution >= 4 is 22.6 Å². The highest BCUT2D eigenvalue weighted by atomic mass is 16.2. The first-order chi connectivity index (χ1) is 13.1. The van der Waals surface area contributed by atoms with Crippen molar-refractivity contribution in [2.24, 2.45) is 14.1 Å². The maximum atomic E-state index is 13.0. The Morgan fingerprint density at radius 3 is 2.67 bits per heavy atom. The number of para-hydroxylation sites is 2. The molecular weight excluding hydrogens is 340 g/mol. The van der Waals surface area contributed by atoms with Gasteiger partial charge in [0, 0.05) is 45.5 Å². The number of rotatable bonds is 2. The molecule has 1 aliphatic heterocycles. The summed E-state index contributed by atoms with van der Waals surface area (Å²) >= 11 is 0. The Labute approximate surface area is 156 Å². The van der Waals surface area contributed by atoms with Gasteiger partial charge in [0.25, 0.3) is 5.91 Å². The molecule has 0 bridgehead atoms. The monoisotopic (exact) mass is 362 g/mol. The van der Waals surface area contributed by atoms with E-state index in [0.29, 0.717) is 11.5 Å². The van der Waals surface area contributed by atoms with Crippen LogP contribution in [0, 0.1) is 0 Å². The summed E-state index contributed by atoms with van der Waals surface area (Å²) in [7, 11) is 4.02. The van der Waals surface area contributed by atoms with Gasteiger partial charge in [-0.2, -0.15) is 5.10 Å². The van der Waals surface area contributed by atoms with E-state index in [1.54, 1.807) is 10.7 Å². The van der Waals surface area contributed by atoms with Crippen LogP contribution in [0.1, 0.15) is 34.9 Å². The van der Waals surface area contributed by atoms with Crippen LogP contribution in [-0.4, -0.2) is 47.6 Å². The highest BCUT2D eigenvalue weighted by Gasteiger charge is 2.29. The normalized spacial score (nSPS) is 15.9. The molecule has 0 atom stereocenters. The fourth-order valence-corrected chi connectivity index (χ4v) is 4.24. The number of benzene rings is 1. The van der Waals surface area contributed by atoms with E-state index < -0.39 is 0 Å². The molecule has 1 aliphatic rings. The summed E-state index contributed by atoms with van der Waals surface area (Å²) in [6.07, 6.45) is 7.32. The van der Waals surface area contributed by atoms with Crippen molar-refractivity contribution in [1.29, 1.82) is 0 Å². The summed E-state index contributed by atoms with van der Waals surface area (Å²) in [4.78, 5) is 19.8. The van der Waals surface area contributed by atoms with Gasteiger partial charge < -0.3 is 14.0 Å². The molecule has 0 N–H and O–H groups in total. The molecule has 0 saturated carbocycles. The van der Waals surface area contributed by atoms with Gasteiger partial charge in [-0.15, -0.1) is 0 Å². The average Bonchev–Trinajstić information content (AvgIpc) is 3.37. The summed E-state index contributed by atoms with van der Waals surface area (Å²) in [5.74, 6) is 1.57. The van der Waals surface area contributed by atoms with Crippen molar-refractivity contribution in [2.45, 2.75) is 18.8 Å². The van der Waals surface area contributed by atoms with Gasteiger partial charge >= 0.3 is 0 Å². The minimum absolute atomic E-state index is 0.0650. The van der Waals surface area contributed by atoms with Crippen LogP contribution in [-0.2, 0) is 14.1 Å². The predicted octanol–water partition coefficient (Wildman–Crippen LogP) is 2.58. The Hall–Kier alpha value is -3.09. The molecule has 1 aromatic carbocycles. The number of carbonyl (C=O) groups is 1. The van der Waals surface area contributed by atoms with E-state index in [9.17, 15) is 4.79 Å². The van der Waals surface area contributed by atoms with Crippen molar-refractivity contribution in [3.05, 3.63) is 54.2 Å². The maximum absolute atomic E-state index is 13.0. The first-order valence-corrected chi connectivity index (χ1v) is 9.33. The number of aromatic nitrogens is 5. The zero-order chi connectivity index (χ0) is 18.5. The number of aryl methyl sites for hydroxylation is 2. The maximum Gasteiger partial charge on any atom is 0.259 e. The zero-order valence-corrected chi connectivity index (χ0v) is 15.5. The molecule has 1 amide bonds. The van der Waals surface area contributed by atoms with Gasteiger partial charge in [0.2, 0.25) is 0 Å². The Bertz CT molecular complexity index is 1140. The molecule has 7 nitrogen and oxygen atoms in total. The van der Waals surface area contributed by atoms with Crippen molar-refractivity contribution in [2.75, 3.05) is 13.1 Å². The van der Waals surface area contributed by atoms with E-state index in [-0.39, 0.29) is 5.91 Å². The van der Waals surface area contributed by atoms with Crippen LogP contribution in [0.4, 0.5) is 0 Å². The topological polar surface area (TPSA) is 60.4 Å². The average molecular weight is 362 g/mol.